The monoisotopic (exact) mass is 446 g/mol. The number of Topliss-reactive ketones (excluding diaryl/α,β-unsaturated/α-hetero) is 1. The van der Waals surface area contributed by atoms with Gasteiger partial charge in [0.05, 0.1) is 23.6 Å². The van der Waals surface area contributed by atoms with Crippen molar-refractivity contribution >= 4 is 40.8 Å². The van der Waals surface area contributed by atoms with E-state index in [1.54, 1.807) is 41.3 Å². The van der Waals surface area contributed by atoms with E-state index in [2.05, 4.69) is 5.32 Å². The summed E-state index contributed by atoms with van der Waals surface area (Å²) in [6.45, 7) is 0.801. The molecule has 2 aromatic carbocycles. The Morgan fingerprint density at radius 3 is 2.50 bits per heavy atom. The van der Waals surface area contributed by atoms with Gasteiger partial charge in [0.25, 0.3) is 5.91 Å². The van der Waals surface area contributed by atoms with Crippen molar-refractivity contribution in [2.45, 2.75) is 24.9 Å². The zero-order valence-electron chi connectivity index (χ0n) is 16.1. The molecule has 2 aliphatic rings. The minimum atomic E-state index is -0.675. The number of nitrogens with zero attached hydrogens (tertiary/aromatic N) is 1. The van der Waals surface area contributed by atoms with Gasteiger partial charge in [-0.15, -0.1) is 0 Å². The Balaban J connectivity index is 1.36. The zero-order chi connectivity index (χ0) is 21.3. The van der Waals surface area contributed by atoms with Crippen LogP contribution in [0.15, 0.2) is 42.5 Å². The standard InChI is InChI=1S/C22H20Cl2N2O4/c23-15-10-16-18(27)12-22(30-20(16)17(24)11-15)6-8-26(9-7-22)19(28)13-25-21(29)14-4-2-1-3-5-14/h1-5,10-11H,6-9,12-13H2,(H,25,29). The number of ketones is 1. The second-order valence-corrected chi connectivity index (χ2v) is 8.42. The van der Waals surface area contributed by atoms with Gasteiger partial charge in [-0.3, -0.25) is 14.4 Å². The Bertz CT molecular complexity index is 1000. The summed E-state index contributed by atoms with van der Waals surface area (Å²) in [6, 6.07) is 11.9. The Labute approximate surface area is 184 Å². The molecular formula is C22H20Cl2N2O4. The number of piperidine rings is 1. The number of halogens is 2. The van der Waals surface area contributed by atoms with Crippen LogP contribution in [0.25, 0.3) is 0 Å². The fraction of sp³-hybridized carbons (Fsp3) is 0.318. The lowest BCUT2D eigenvalue weighted by molar-refractivity contribution is -0.133. The summed E-state index contributed by atoms with van der Waals surface area (Å²) in [7, 11) is 0. The smallest absolute Gasteiger partial charge is 0.251 e. The largest absolute Gasteiger partial charge is 0.484 e. The second-order valence-electron chi connectivity index (χ2n) is 7.58. The van der Waals surface area contributed by atoms with Crippen LogP contribution in [0.1, 0.15) is 40.0 Å². The first kappa shape index (κ1) is 20.7. The summed E-state index contributed by atoms with van der Waals surface area (Å²) in [5.41, 5.74) is 0.235. The van der Waals surface area contributed by atoms with Gasteiger partial charge >= 0.3 is 0 Å². The molecule has 0 bridgehead atoms. The number of hydrogen-bond donors (Lipinski definition) is 1. The molecule has 0 aromatic heterocycles. The molecule has 6 nitrogen and oxygen atoms in total. The zero-order valence-corrected chi connectivity index (χ0v) is 17.6. The SMILES string of the molecule is O=C(NCC(=O)N1CCC2(CC1)CC(=O)c1cc(Cl)cc(Cl)c1O2)c1ccccc1. The van der Waals surface area contributed by atoms with Gasteiger partial charge in [0, 0.05) is 36.5 Å². The number of benzene rings is 2. The van der Waals surface area contributed by atoms with Crippen molar-refractivity contribution in [1.29, 1.82) is 0 Å². The van der Waals surface area contributed by atoms with Gasteiger partial charge < -0.3 is 15.0 Å². The van der Waals surface area contributed by atoms with Crippen LogP contribution in [0.3, 0.4) is 0 Å². The third kappa shape index (κ3) is 4.16. The highest BCUT2D eigenvalue weighted by atomic mass is 35.5. The molecule has 0 saturated carbocycles. The highest BCUT2D eigenvalue weighted by Gasteiger charge is 2.44. The van der Waals surface area contributed by atoms with E-state index >= 15 is 0 Å². The summed E-state index contributed by atoms with van der Waals surface area (Å²) in [4.78, 5) is 39.0. The second kappa shape index (κ2) is 8.28. The molecule has 0 aliphatic carbocycles. The molecular weight excluding hydrogens is 427 g/mol. The van der Waals surface area contributed by atoms with E-state index in [1.807, 2.05) is 6.07 Å². The van der Waals surface area contributed by atoms with Crippen molar-refractivity contribution in [1.82, 2.24) is 10.2 Å². The topological polar surface area (TPSA) is 75.7 Å². The van der Waals surface area contributed by atoms with Crippen molar-refractivity contribution in [3.63, 3.8) is 0 Å². The fourth-order valence-electron chi connectivity index (χ4n) is 3.91. The van der Waals surface area contributed by atoms with E-state index in [9.17, 15) is 14.4 Å². The van der Waals surface area contributed by atoms with E-state index in [4.69, 9.17) is 27.9 Å². The summed E-state index contributed by atoms with van der Waals surface area (Å²) in [5.74, 6) is -0.146. The molecule has 0 atom stereocenters. The maximum absolute atomic E-state index is 12.7. The molecule has 0 radical (unpaired) electrons. The number of nitrogens with one attached hydrogen (secondary N) is 1. The lowest BCUT2D eigenvalue weighted by atomic mass is 9.82. The first-order valence-corrected chi connectivity index (χ1v) is 10.4. The number of fused-ring (bicyclic) bond motifs is 1. The van der Waals surface area contributed by atoms with Gasteiger partial charge in [-0.25, -0.2) is 0 Å². The summed E-state index contributed by atoms with van der Waals surface area (Å²) in [6.07, 6.45) is 1.24. The van der Waals surface area contributed by atoms with Crippen LogP contribution >= 0.6 is 23.2 Å². The van der Waals surface area contributed by atoms with Crippen LogP contribution in [0, 0.1) is 0 Å². The van der Waals surface area contributed by atoms with Crippen molar-refractivity contribution in [2.75, 3.05) is 19.6 Å². The summed E-state index contributed by atoms with van der Waals surface area (Å²) in [5, 5.41) is 3.36. The van der Waals surface area contributed by atoms with E-state index in [-0.39, 0.29) is 30.6 Å². The molecule has 8 heteroatoms. The molecule has 2 heterocycles. The first-order chi connectivity index (χ1) is 14.4. The number of likely N-dealkylation sites (tertiary alicyclic amines) is 1. The normalized spacial score (nSPS) is 17.3. The molecule has 2 aliphatic heterocycles. The van der Waals surface area contributed by atoms with E-state index in [0.717, 1.165) is 0 Å². The van der Waals surface area contributed by atoms with Crippen LogP contribution in [-0.4, -0.2) is 47.7 Å². The average Bonchev–Trinajstić information content (AvgIpc) is 2.74. The molecule has 30 heavy (non-hydrogen) atoms. The van der Waals surface area contributed by atoms with Gasteiger partial charge in [0.1, 0.15) is 11.4 Å². The first-order valence-electron chi connectivity index (χ1n) is 9.69. The number of carbonyl (C=O) groups is 3. The molecule has 1 saturated heterocycles. The predicted molar refractivity (Wildman–Crippen MR) is 113 cm³/mol. The number of carbonyl (C=O) groups excluding carboxylic acids is 3. The molecule has 0 unspecified atom stereocenters. The molecule has 156 valence electrons. The lowest BCUT2D eigenvalue weighted by Gasteiger charge is -2.44. The molecule has 1 spiro atoms. The van der Waals surface area contributed by atoms with Crippen molar-refractivity contribution < 1.29 is 19.1 Å². The molecule has 2 amide bonds. The third-order valence-corrected chi connectivity index (χ3v) is 6.07. The minimum absolute atomic E-state index is 0.0597. The summed E-state index contributed by atoms with van der Waals surface area (Å²) < 4.78 is 6.18. The number of ether oxygens (including phenoxy) is 1. The van der Waals surface area contributed by atoms with Crippen molar-refractivity contribution in [2.24, 2.45) is 0 Å². The van der Waals surface area contributed by atoms with Crippen molar-refractivity contribution in [3.8, 4) is 5.75 Å². The number of hydrogen-bond acceptors (Lipinski definition) is 4. The quantitative estimate of drug-likeness (QED) is 0.778. The number of rotatable bonds is 3. The maximum atomic E-state index is 12.7. The Kier molecular flexibility index (Phi) is 5.71. The molecule has 1 N–H and O–H groups in total. The van der Waals surface area contributed by atoms with Crippen LogP contribution in [-0.2, 0) is 4.79 Å². The molecule has 1 fully saturated rings. The van der Waals surface area contributed by atoms with Crippen LogP contribution in [0.4, 0.5) is 0 Å². The summed E-state index contributed by atoms with van der Waals surface area (Å²) >= 11 is 12.3. The Morgan fingerprint density at radius 2 is 1.80 bits per heavy atom. The molecule has 2 aromatic rings. The maximum Gasteiger partial charge on any atom is 0.251 e. The average molecular weight is 447 g/mol. The van der Waals surface area contributed by atoms with E-state index in [0.29, 0.717) is 52.9 Å². The van der Waals surface area contributed by atoms with Gasteiger partial charge in [-0.05, 0) is 24.3 Å². The number of amides is 2. The molecule has 4 rings (SSSR count). The lowest BCUT2D eigenvalue weighted by Crippen LogP contribution is -2.53. The Morgan fingerprint density at radius 1 is 1.10 bits per heavy atom. The van der Waals surface area contributed by atoms with Gasteiger partial charge in [-0.2, -0.15) is 0 Å². The third-order valence-electron chi connectivity index (χ3n) is 5.57. The van der Waals surface area contributed by atoms with Crippen LogP contribution in [0.5, 0.6) is 5.75 Å². The predicted octanol–water partition coefficient (Wildman–Crippen LogP) is 3.75. The van der Waals surface area contributed by atoms with Crippen LogP contribution < -0.4 is 10.1 Å². The van der Waals surface area contributed by atoms with Gasteiger partial charge in [-0.1, -0.05) is 41.4 Å². The van der Waals surface area contributed by atoms with Crippen molar-refractivity contribution in [3.05, 3.63) is 63.6 Å². The van der Waals surface area contributed by atoms with Crippen LogP contribution in [0.2, 0.25) is 10.0 Å². The highest BCUT2D eigenvalue weighted by Crippen LogP contribution is 2.44. The minimum Gasteiger partial charge on any atom is -0.484 e. The van der Waals surface area contributed by atoms with Gasteiger partial charge in [0.2, 0.25) is 5.91 Å². The fourth-order valence-corrected chi connectivity index (χ4v) is 4.45. The van der Waals surface area contributed by atoms with E-state index in [1.165, 1.54) is 0 Å². The highest BCUT2D eigenvalue weighted by molar-refractivity contribution is 6.36. The van der Waals surface area contributed by atoms with E-state index < -0.39 is 5.60 Å². The van der Waals surface area contributed by atoms with Gasteiger partial charge in [0.15, 0.2) is 5.78 Å². The Hall–Kier alpha value is -2.57.